The van der Waals surface area contributed by atoms with E-state index in [4.69, 9.17) is 0 Å². The Morgan fingerprint density at radius 1 is 1.15 bits per heavy atom. The van der Waals surface area contributed by atoms with Crippen molar-refractivity contribution < 1.29 is 18.3 Å². The van der Waals surface area contributed by atoms with Gasteiger partial charge >= 0.3 is 6.18 Å². The van der Waals surface area contributed by atoms with Gasteiger partial charge in [-0.1, -0.05) is 0 Å². The standard InChI is InChI=1S/C17H15F3N4OS/c1-16(2,25)11-5-10(13-8-21-9-26-13)6-12(7-11)23-15-22-4-3-14(24-15)17(18,19)20/h3-9,25H,1-2H3,(H,22,23,24). The number of nitrogens with zero attached hydrogens (tertiary/aromatic N) is 3. The zero-order valence-electron chi connectivity index (χ0n) is 13.9. The maximum absolute atomic E-state index is 12.8. The van der Waals surface area contributed by atoms with Crippen LogP contribution < -0.4 is 5.32 Å². The number of benzene rings is 1. The molecule has 0 saturated carbocycles. The summed E-state index contributed by atoms with van der Waals surface area (Å²) in [4.78, 5) is 12.2. The van der Waals surface area contributed by atoms with Crippen molar-refractivity contribution in [2.45, 2.75) is 25.6 Å². The van der Waals surface area contributed by atoms with Gasteiger partial charge in [0.1, 0.15) is 5.69 Å². The fourth-order valence-corrected chi connectivity index (χ4v) is 2.87. The monoisotopic (exact) mass is 380 g/mol. The Balaban J connectivity index is 2.01. The van der Waals surface area contributed by atoms with Crippen LogP contribution >= 0.6 is 11.3 Å². The van der Waals surface area contributed by atoms with Crippen molar-refractivity contribution >= 4 is 23.0 Å². The number of alkyl halides is 3. The molecule has 0 fully saturated rings. The fourth-order valence-electron chi connectivity index (χ4n) is 2.26. The second-order valence-corrected chi connectivity index (χ2v) is 7.00. The summed E-state index contributed by atoms with van der Waals surface area (Å²) in [5.74, 6) is -0.178. The van der Waals surface area contributed by atoms with Crippen LogP contribution in [-0.4, -0.2) is 20.1 Å². The smallest absolute Gasteiger partial charge is 0.386 e. The van der Waals surface area contributed by atoms with E-state index in [1.54, 1.807) is 37.7 Å². The minimum Gasteiger partial charge on any atom is -0.386 e. The zero-order chi connectivity index (χ0) is 18.9. The van der Waals surface area contributed by atoms with Crippen LogP contribution in [-0.2, 0) is 11.8 Å². The molecule has 0 aliphatic rings. The predicted molar refractivity (Wildman–Crippen MR) is 93.1 cm³/mol. The number of hydrogen-bond donors (Lipinski definition) is 2. The molecule has 2 heterocycles. The predicted octanol–water partition coefficient (Wildman–Crippen LogP) is 4.59. The lowest BCUT2D eigenvalue weighted by atomic mass is 9.95. The molecule has 0 amide bonds. The number of aromatic nitrogens is 3. The number of anilines is 2. The SMILES string of the molecule is CC(C)(O)c1cc(Nc2nccc(C(F)(F)F)n2)cc(-c2cncs2)c1. The van der Waals surface area contributed by atoms with E-state index in [0.29, 0.717) is 11.3 Å². The highest BCUT2D eigenvalue weighted by molar-refractivity contribution is 7.13. The second-order valence-electron chi connectivity index (χ2n) is 6.11. The molecule has 2 N–H and O–H groups in total. The molecule has 3 aromatic rings. The van der Waals surface area contributed by atoms with Gasteiger partial charge in [-0.2, -0.15) is 13.2 Å². The summed E-state index contributed by atoms with van der Waals surface area (Å²) in [5, 5.41) is 13.1. The molecular weight excluding hydrogens is 365 g/mol. The van der Waals surface area contributed by atoms with Gasteiger partial charge in [-0.3, -0.25) is 4.98 Å². The molecule has 26 heavy (non-hydrogen) atoms. The zero-order valence-corrected chi connectivity index (χ0v) is 14.7. The van der Waals surface area contributed by atoms with Crippen molar-refractivity contribution in [3.8, 4) is 10.4 Å². The van der Waals surface area contributed by atoms with Crippen LogP contribution in [0.2, 0.25) is 0 Å². The number of halogens is 3. The second kappa shape index (κ2) is 6.65. The van der Waals surface area contributed by atoms with Gasteiger partial charge in [-0.15, -0.1) is 11.3 Å². The van der Waals surface area contributed by atoms with Crippen molar-refractivity contribution in [3.63, 3.8) is 0 Å². The molecule has 0 bridgehead atoms. The molecule has 136 valence electrons. The van der Waals surface area contributed by atoms with Crippen molar-refractivity contribution in [3.05, 3.63) is 53.4 Å². The first kappa shape index (κ1) is 18.3. The number of aliphatic hydroxyl groups is 1. The number of thiazole rings is 1. The van der Waals surface area contributed by atoms with Crippen LogP contribution in [0.4, 0.5) is 24.8 Å². The molecule has 0 aliphatic heterocycles. The summed E-state index contributed by atoms with van der Waals surface area (Å²) in [5.41, 5.74) is 1.35. The van der Waals surface area contributed by atoms with E-state index in [2.05, 4.69) is 20.3 Å². The first-order chi connectivity index (χ1) is 12.1. The van der Waals surface area contributed by atoms with Gasteiger partial charge in [-0.05, 0) is 49.2 Å². The Morgan fingerprint density at radius 2 is 1.92 bits per heavy atom. The van der Waals surface area contributed by atoms with E-state index in [1.807, 2.05) is 6.07 Å². The van der Waals surface area contributed by atoms with Crippen molar-refractivity contribution in [2.75, 3.05) is 5.32 Å². The van der Waals surface area contributed by atoms with E-state index >= 15 is 0 Å². The highest BCUT2D eigenvalue weighted by Gasteiger charge is 2.32. The van der Waals surface area contributed by atoms with Crippen LogP contribution in [0.3, 0.4) is 0 Å². The maximum Gasteiger partial charge on any atom is 0.433 e. The average Bonchev–Trinajstić information content (AvgIpc) is 3.08. The number of hydrogen-bond acceptors (Lipinski definition) is 6. The molecule has 0 radical (unpaired) electrons. The lowest BCUT2D eigenvalue weighted by Gasteiger charge is -2.20. The van der Waals surface area contributed by atoms with Gasteiger partial charge in [-0.25, -0.2) is 9.97 Å². The molecule has 9 heteroatoms. The first-order valence-corrected chi connectivity index (χ1v) is 8.45. The summed E-state index contributed by atoms with van der Waals surface area (Å²) in [7, 11) is 0. The third-order valence-corrected chi connectivity index (χ3v) is 4.38. The Morgan fingerprint density at radius 3 is 2.54 bits per heavy atom. The molecule has 5 nitrogen and oxygen atoms in total. The van der Waals surface area contributed by atoms with Gasteiger partial charge in [0.05, 0.1) is 16.0 Å². The molecule has 0 atom stereocenters. The Kier molecular flexibility index (Phi) is 4.68. The van der Waals surface area contributed by atoms with Crippen molar-refractivity contribution in [1.29, 1.82) is 0 Å². The highest BCUT2D eigenvalue weighted by Crippen LogP contribution is 2.33. The number of nitrogens with one attached hydrogen (secondary N) is 1. The van der Waals surface area contributed by atoms with Gasteiger partial charge in [0, 0.05) is 18.1 Å². The van der Waals surface area contributed by atoms with Crippen LogP contribution in [0.5, 0.6) is 0 Å². The molecule has 0 aliphatic carbocycles. The molecule has 0 unspecified atom stereocenters. The van der Waals surface area contributed by atoms with Gasteiger partial charge < -0.3 is 10.4 Å². The largest absolute Gasteiger partial charge is 0.433 e. The Bertz CT molecular complexity index is 905. The average molecular weight is 380 g/mol. The van der Waals surface area contributed by atoms with Gasteiger partial charge in [0.25, 0.3) is 0 Å². The van der Waals surface area contributed by atoms with Gasteiger partial charge in [0.2, 0.25) is 5.95 Å². The van der Waals surface area contributed by atoms with E-state index in [0.717, 1.165) is 22.7 Å². The van der Waals surface area contributed by atoms with Crippen molar-refractivity contribution in [2.24, 2.45) is 0 Å². The molecule has 0 saturated heterocycles. The first-order valence-electron chi connectivity index (χ1n) is 7.57. The molecular formula is C17H15F3N4OS. The van der Waals surface area contributed by atoms with E-state index in [1.165, 1.54) is 11.3 Å². The normalized spacial score (nSPS) is 12.2. The van der Waals surface area contributed by atoms with Gasteiger partial charge in [0.15, 0.2) is 0 Å². The van der Waals surface area contributed by atoms with E-state index in [-0.39, 0.29) is 5.95 Å². The summed E-state index contributed by atoms with van der Waals surface area (Å²) < 4.78 is 38.5. The summed E-state index contributed by atoms with van der Waals surface area (Å²) >= 11 is 1.42. The van der Waals surface area contributed by atoms with Crippen LogP contribution in [0.25, 0.3) is 10.4 Å². The van der Waals surface area contributed by atoms with E-state index in [9.17, 15) is 18.3 Å². The third kappa shape index (κ3) is 4.17. The topological polar surface area (TPSA) is 70.9 Å². The minimum atomic E-state index is -4.55. The maximum atomic E-state index is 12.8. The summed E-state index contributed by atoms with van der Waals surface area (Å²) in [6.07, 6.45) is -1.83. The van der Waals surface area contributed by atoms with Crippen molar-refractivity contribution in [1.82, 2.24) is 15.0 Å². The lowest BCUT2D eigenvalue weighted by Crippen LogP contribution is -2.16. The summed E-state index contributed by atoms with van der Waals surface area (Å²) in [6, 6.07) is 6.01. The minimum absolute atomic E-state index is 0.178. The third-order valence-electron chi connectivity index (χ3n) is 3.56. The van der Waals surface area contributed by atoms with Crippen LogP contribution in [0, 0.1) is 0 Å². The van der Waals surface area contributed by atoms with E-state index < -0.39 is 17.5 Å². The molecule has 2 aromatic heterocycles. The molecule has 3 rings (SSSR count). The lowest BCUT2D eigenvalue weighted by molar-refractivity contribution is -0.141. The Labute approximate surface area is 151 Å². The summed E-state index contributed by atoms with van der Waals surface area (Å²) in [6.45, 7) is 3.26. The Hall–Kier alpha value is -2.52. The fraction of sp³-hybridized carbons (Fsp3) is 0.235. The molecule has 1 aromatic carbocycles. The quantitative estimate of drug-likeness (QED) is 0.693. The highest BCUT2D eigenvalue weighted by atomic mass is 32.1. The van der Waals surface area contributed by atoms with Crippen LogP contribution in [0.1, 0.15) is 25.1 Å². The van der Waals surface area contributed by atoms with Crippen LogP contribution in [0.15, 0.2) is 42.2 Å². The molecule has 0 spiro atoms. The number of rotatable bonds is 4.